The molecule has 3 aromatic rings. The molecule has 25 heavy (non-hydrogen) atoms. The van der Waals surface area contributed by atoms with E-state index in [0.29, 0.717) is 11.0 Å². The molecule has 0 radical (unpaired) electrons. The molecule has 0 aliphatic heterocycles. The van der Waals surface area contributed by atoms with Crippen molar-refractivity contribution in [1.29, 1.82) is 0 Å². The number of nitrogens with one attached hydrogen (secondary N) is 1. The molecule has 0 aliphatic rings. The van der Waals surface area contributed by atoms with E-state index < -0.39 is 0 Å². The first kappa shape index (κ1) is 17.6. The third kappa shape index (κ3) is 4.08. The van der Waals surface area contributed by atoms with Gasteiger partial charge >= 0.3 is 0 Å². The van der Waals surface area contributed by atoms with Crippen LogP contribution in [0.4, 0.5) is 11.1 Å². The van der Waals surface area contributed by atoms with Gasteiger partial charge in [0, 0.05) is 37.4 Å². The lowest BCUT2D eigenvalue weighted by atomic mass is 10.1. The molecule has 0 fully saturated rings. The number of anilines is 2. The average Bonchev–Trinajstić information content (AvgIpc) is 3.09. The van der Waals surface area contributed by atoms with Gasteiger partial charge < -0.3 is 10.2 Å². The highest BCUT2D eigenvalue weighted by Gasteiger charge is 2.13. The highest BCUT2D eigenvalue weighted by Crippen LogP contribution is 2.33. The molecule has 3 rings (SSSR count). The van der Waals surface area contributed by atoms with Gasteiger partial charge in [0.05, 0.1) is 16.3 Å². The second-order valence-electron chi connectivity index (χ2n) is 5.77. The van der Waals surface area contributed by atoms with Crippen molar-refractivity contribution in [3.8, 4) is 21.8 Å². The van der Waals surface area contributed by atoms with Gasteiger partial charge in [-0.05, 0) is 18.6 Å². The number of hydrogen-bond acceptors (Lipinski definition) is 6. The van der Waals surface area contributed by atoms with Gasteiger partial charge in [0.15, 0.2) is 5.13 Å². The zero-order chi connectivity index (χ0) is 17.8. The molecule has 0 bridgehead atoms. The van der Waals surface area contributed by atoms with Crippen molar-refractivity contribution in [1.82, 2.24) is 15.0 Å². The quantitative estimate of drug-likeness (QED) is 0.672. The molecule has 0 saturated heterocycles. The minimum absolute atomic E-state index is 0.642. The Kier molecular flexibility index (Phi) is 5.50. The monoisotopic (exact) mass is 373 g/mol. The highest BCUT2D eigenvalue weighted by molar-refractivity contribution is 7.18. The van der Waals surface area contributed by atoms with Crippen LogP contribution in [-0.2, 0) is 0 Å². The number of nitrogens with zero attached hydrogens (tertiary/aromatic N) is 4. The predicted octanol–water partition coefficient (Wildman–Crippen LogP) is 4.81. The Balaban J connectivity index is 2.05. The number of rotatable bonds is 6. The summed E-state index contributed by atoms with van der Waals surface area (Å²) in [5, 5.41) is 4.89. The van der Waals surface area contributed by atoms with Gasteiger partial charge in [-0.25, -0.2) is 15.0 Å². The van der Waals surface area contributed by atoms with Crippen molar-refractivity contribution >= 4 is 34.0 Å². The third-order valence-electron chi connectivity index (χ3n) is 3.55. The predicted molar refractivity (Wildman–Crippen MR) is 107 cm³/mol. The maximum atomic E-state index is 6.36. The van der Waals surface area contributed by atoms with Gasteiger partial charge in [-0.3, -0.25) is 0 Å². The second kappa shape index (κ2) is 7.80. The van der Waals surface area contributed by atoms with Crippen LogP contribution >= 0.6 is 22.9 Å². The lowest BCUT2D eigenvalue weighted by Crippen LogP contribution is -2.13. The fourth-order valence-corrected chi connectivity index (χ4v) is 3.31. The highest BCUT2D eigenvalue weighted by atomic mass is 35.5. The summed E-state index contributed by atoms with van der Waals surface area (Å²) in [4.78, 5) is 16.6. The summed E-state index contributed by atoms with van der Waals surface area (Å²) in [7, 11) is 3.85. The Hall–Kier alpha value is -2.18. The van der Waals surface area contributed by atoms with Crippen molar-refractivity contribution < 1.29 is 0 Å². The minimum atomic E-state index is 0.642. The summed E-state index contributed by atoms with van der Waals surface area (Å²) in [5.41, 5.74) is 2.54. The third-order valence-corrected chi connectivity index (χ3v) is 4.86. The maximum Gasteiger partial charge on any atom is 0.225 e. The van der Waals surface area contributed by atoms with Crippen LogP contribution in [0.3, 0.4) is 0 Å². The summed E-state index contributed by atoms with van der Waals surface area (Å²) >= 11 is 7.95. The van der Waals surface area contributed by atoms with Crippen LogP contribution in [-0.4, -0.2) is 35.6 Å². The first-order chi connectivity index (χ1) is 12.1. The molecular weight excluding hydrogens is 354 g/mol. The average molecular weight is 374 g/mol. The second-order valence-corrected chi connectivity index (χ2v) is 7.21. The summed E-state index contributed by atoms with van der Waals surface area (Å²) in [6.07, 6.45) is 2.91. The Bertz CT molecular complexity index is 862. The Labute approximate surface area is 156 Å². The van der Waals surface area contributed by atoms with E-state index in [2.05, 4.69) is 27.2 Å². The first-order valence-corrected chi connectivity index (χ1v) is 9.29. The zero-order valence-corrected chi connectivity index (χ0v) is 16.0. The van der Waals surface area contributed by atoms with Crippen LogP contribution in [0.15, 0.2) is 36.5 Å². The van der Waals surface area contributed by atoms with Gasteiger partial charge in [0.1, 0.15) is 0 Å². The molecule has 0 atom stereocenters. The maximum absolute atomic E-state index is 6.36. The van der Waals surface area contributed by atoms with Crippen LogP contribution in [0.5, 0.6) is 0 Å². The first-order valence-electron chi connectivity index (χ1n) is 8.10. The van der Waals surface area contributed by atoms with E-state index in [1.165, 1.54) is 0 Å². The molecule has 2 aromatic heterocycles. The lowest BCUT2D eigenvalue weighted by Gasteiger charge is -2.13. The largest absolute Gasteiger partial charge is 0.362 e. The Morgan fingerprint density at radius 3 is 2.64 bits per heavy atom. The molecule has 2 heterocycles. The fourth-order valence-electron chi connectivity index (χ4n) is 2.27. The Morgan fingerprint density at radius 2 is 1.92 bits per heavy atom. The van der Waals surface area contributed by atoms with E-state index >= 15 is 0 Å². The van der Waals surface area contributed by atoms with E-state index in [9.17, 15) is 0 Å². The molecule has 0 spiro atoms. The molecule has 1 aromatic carbocycles. The van der Waals surface area contributed by atoms with Crippen molar-refractivity contribution in [3.63, 3.8) is 0 Å². The molecule has 130 valence electrons. The van der Waals surface area contributed by atoms with E-state index in [0.717, 1.165) is 39.9 Å². The van der Waals surface area contributed by atoms with Gasteiger partial charge in [-0.15, -0.1) is 0 Å². The number of aromatic nitrogens is 3. The molecule has 5 nitrogen and oxygen atoms in total. The Morgan fingerprint density at radius 1 is 1.16 bits per heavy atom. The zero-order valence-electron chi connectivity index (χ0n) is 14.5. The molecule has 0 aliphatic carbocycles. The van der Waals surface area contributed by atoms with Crippen molar-refractivity contribution in [2.45, 2.75) is 13.3 Å². The van der Waals surface area contributed by atoms with Gasteiger partial charge in [-0.1, -0.05) is 48.1 Å². The van der Waals surface area contributed by atoms with E-state index in [1.54, 1.807) is 11.3 Å². The van der Waals surface area contributed by atoms with Crippen LogP contribution in [0, 0.1) is 0 Å². The normalized spacial score (nSPS) is 10.7. The number of hydrogen-bond donors (Lipinski definition) is 1. The fraction of sp³-hybridized carbons (Fsp3) is 0.278. The van der Waals surface area contributed by atoms with Crippen molar-refractivity contribution in [3.05, 3.63) is 41.6 Å². The van der Waals surface area contributed by atoms with Crippen molar-refractivity contribution in [2.24, 2.45) is 0 Å². The molecule has 0 unspecified atom stereocenters. The molecule has 0 saturated carbocycles. The smallest absolute Gasteiger partial charge is 0.225 e. The molecular formula is C18H20ClN5S. The minimum Gasteiger partial charge on any atom is -0.362 e. The number of halogens is 1. The standard InChI is InChI=1S/C18H20ClN5S/c1-4-9-20-18-21-11-16(25-18)15-10-14(22-17(23-15)24(2)3)12-7-5-6-8-13(12)19/h5-8,10-11H,4,9H2,1-3H3,(H,20,21). The van der Waals surface area contributed by atoms with Crippen LogP contribution < -0.4 is 10.2 Å². The topological polar surface area (TPSA) is 53.9 Å². The molecule has 7 heteroatoms. The molecule has 1 N–H and O–H groups in total. The van der Waals surface area contributed by atoms with E-state index in [4.69, 9.17) is 11.6 Å². The lowest BCUT2D eigenvalue weighted by molar-refractivity contribution is 0.976. The van der Waals surface area contributed by atoms with E-state index in [1.807, 2.05) is 55.5 Å². The van der Waals surface area contributed by atoms with Crippen molar-refractivity contribution in [2.75, 3.05) is 30.9 Å². The summed E-state index contributed by atoms with van der Waals surface area (Å²) < 4.78 is 0. The van der Waals surface area contributed by atoms with Crippen LogP contribution in [0.2, 0.25) is 5.02 Å². The van der Waals surface area contributed by atoms with Crippen LogP contribution in [0.25, 0.3) is 21.8 Å². The van der Waals surface area contributed by atoms with Crippen LogP contribution in [0.1, 0.15) is 13.3 Å². The summed E-state index contributed by atoms with van der Waals surface area (Å²) in [6, 6.07) is 9.67. The molecule has 0 amide bonds. The van der Waals surface area contributed by atoms with E-state index in [-0.39, 0.29) is 0 Å². The summed E-state index contributed by atoms with van der Waals surface area (Å²) in [5.74, 6) is 0.642. The van der Waals surface area contributed by atoms with Gasteiger partial charge in [-0.2, -0.15) is 0 Å². The summed E-state index contributed by atoms with van der Waals surface area (Å²) in [6.45, 7) is 3.04. The SMILES string of the molecule is CCCNc1ncc(-c2cc(-c3ccccc3Cl)nc(N(C)C)n2)s1. The van der Waals surface area contributed by atoms with Gasteiger partial charge in [0.2, 0.25) is 5.95 Å². The number of benzene rings is 1. The van der Waals surface area contributed by atoms with Gasteiger partial charge in [0.25, 0.3) is 0 Å². The number of thiazole rings is 1.